The lowest BCUT2D eigenvalue weighted by Crippen LogP contribution is -2.36. The third kappa shape index (κ3) is 28.1. The van der Waals surface area contributed by atoms with Gasteiger partial charge in [0.05, 0.1) is 25.4 Å². The molecule has 0 saturated carbocycles. The first-order chi connectivity index (χ1) is 34.1. The molecule has 2 fully saturated rings. The van der Waals surface area contributed by atoms with E-state index in [9.17, 15) is 43.5 Å². The molecule has 0 bridgehead atoms. The summed E-state index contributed by atoms with van der Waals surface area (Å²) in [7, 11) is -10.9. The number of aliphatic hydroxyl groups excluding tert-OH is 2. The normalized spacial score (nSPS) is 22.4. The van der Waals surface area contributed by atoms with Gasteiger partial charge in [-0.3, -0.25) is 23.2 Å². The van der Waals surface area contributed by atoms with Crippen LogP contribution in [-0.4, -0.2) is 97.9 Å². The number of aromatic nitrogens is 2. The number of phosphoric ester groups is 2. The fourth-order valence-electron chi connectivity index (χ4n) is 7.69. The molecule has 3 rings (SSSR count). The Labute approximate surface area is 420 Å². The van der Waals surface area contributed by atoms with Crippen LogP contribution in [-0.2, 0) is 51.0 Å². The molecule has 2 aliphatic rings. The summed E-state index contributed by atoms with van der Waals surface area (Å²) in [5.41, 5.74) is 4.58. The second kappa shape index (κ2) is 35.8. The molecule has 71 heavy (non-hydrogen) atoms. The maximum Gasteiger partial charge on any atom is 0.481 e. The molecule has 3 heterocycles. The first kappa shape index (κ1) is 62.0. The number of nitrogens with zero attached hydrogens (tertiary/aromatic N) is 2. The number of epoxide rings is 1. The number of hydrogen-bond donors (Lipinski definition) is 5. The van der Waals surface area contributed by atoms with Gasteiger partial charge in [0.25, 0.3) is 0 Å². The van der Waals surface area contributed by atoms with Crippen LogP contribution < -0.4 is 11.4 Å². The van der Waals surface area contributed by atoms with Crippen LogP contribution in [0.4, 0.5) is 5.82 Å². The van der Waals surface area contributed by atoms with Crippen LogP contribution in [0.15, 0.2) is 65.7 Å². The molecule has 2 saturated heterocycles. The molecule has 4 unspecified atom stereocenters. The van der Waals surface area contributed by atoms with Gasteiger partial charge in [0.2, 0.25) is 0 Å². The first-order valence-electron chi connectivity index (χ1n) is 25.8. The Morgan fingerprint density at radius 2 is 1.28 bits per heavy atom. The highest BCUT2D eigenvalue weighted by molar-refractivity contribution is 7.61. The lowest BCUT2D eigenvalue weighted by Gasteiger charge is -2.21. The smallest absolute Gasteiger partial charge is 0.462 e. The molecule has 0 spiro atoms. The third-order valence-corrected chi connectivity index (χ3v) is 14.4. The Balaban J connectivity index is 1.41. The van der Waals surface area contributed by atoms with Gasteiger partial charge in [0.15, 0.2) is 12.3 Å². The number of rotatable bonds is 41. The largest absolute Gasteiger partial charge is 0.481 e. The van der Waals surface area contributed by atoms with Gasteiger partial charge in [-0.1, -0.05) is 133 Å². The molecular formula is C50H83N3O16P2. The SMILES string of the molecule is CCCCC/C=C\CC1OC1CCCCCCCC(=O)O[C@H](COC(=O)CCC/C=C\C/C=C\C/C=C\CCCCCCCC)COP(=O)(O)OP(=O)(O)OC[C@H]1O[C@@H](n2ccc(N)nc2=O)[C@H](O)[C@@H]1O. The minimum atomic E-state index is -5.44. The van der Waals surface area contributed by atoms with Gasteiger partial charge < -0.3 is 44.7 Å². The monoisotopic (exact) mass is 1040 g/mol. The van der Waals surface area contributed by atoms with E-state index in [2.05, 4.69) is 59.6 Å². The van der Waals surface area contributed by atoms with Crippen molar-refractivity contribution in [1.29, 1.82) is 0 Å². The second-order valence-corrected chi connectivity index (χ2v) is 21.1. The summed E-state index contributed by atoms with van der Waals surface area (Å²) in [6.45, 7) is 2.05. The van der Waals surface area contributed by atoms with Gasteiger partial charge in [-0.25, -0.2) is 13.9 Å². The molecule has 6 N–H and O–H groups in total. The fraction of sp³-hybridized carbons (Fsp3) is 0.720. The molecular weight excluding hydrogens is 961 g/mol. The van der Waals surface area contributed by atoms with Crippen molar-refractivity contribution in [2.75, 3.05) is 25.6 Å². The fourth-order valence-corrected chi connectivity index (χ4v) is 9.80. The van der Waals surface area contributed by atoms with Crippen molar-refractivity contribution in [3.8, 4) is 0 Å². The topological polar surface area (TPSA) is 278 Å². The van der Waals surface area contributed by atoms with E-state index in [1.54, 1.807) is 0 Å². The number of hydrogen-bond acceptors (Lipinski definition) is 16. The zero-order valence-electron chi connectivity index (χ0n) is 42.0. The van der Waals surface area contributed by atoms with Gasteiger partial charge in [0.1, 0.15) is 30.7 Å². The Bertz CT molecular complexity index is 1950. The quantitative estimate of drug-likeness (QED) is 0.0134. The van der Waals surface area contributed by atoms with Gasteiger partial charge in [-0.2, -0.15) is 9.29 Å². The molecule has 0 amide bonds. The highest BCUT2D eigenvalue weighted by Crippen LogP contribution is 2.60. The van der Waals surface area contributed by atoms with Crippen molar-refractivity contribution in [3.63, 3.8) is 0 Å². The number of ether oxygens (including phenoxy) is 4. The molecule has 0 radical (unpaired) electrons. The average molecular weight is 1040 g/mol. The lowest BCUT2D eigenvalue weighted by molar-refractivity contribution is -0.161. The van der Waals surface area contributed by atoms with Crippen molar-refractivity contribution >= 4 is 33.4 Å². The van der Waals surface area contributed by atoms with E-state index in [0.29, 0.717) is 31.5 Å². The van der Waals surface area contributed by atoms with Crippen molar-refractivity contribution in [2.24, 2.45) is 0 Å². The van der Waals surface area contributed by atoms with Crippen molar-refractivity contribution in [2.45, 2.75) is 211 Å². The van der Waals surface area contributed by atoms with Gasteiger partial charge in [-0.15, -0.1) is 0 Å². The van der Waals surface area contributed by atoms with Crippen LogP contribution in [0.3, 0.4) is 0 Å². The summed E-state index contributed by atoms with van der Waals surface area (Å²) in [5.74, 6) is -1.38. The standard InChI is InChI=1S/C50H83N3O16P2/c1-3-5-7-9-11-12-13-14-15-16-17-18-19-20-21-25-29-33-45(54)63-37-40(66-46(55)34-30-26-22-24-28-32-42-41(67-42)31-27-23-10-8-6-4-2)38-64-70(59,60)69-71(61,62)65-39-43-47(56)48(57)49(68-43)53-36-35-44(51)52-50(53)58/h14-15,17-18,20-21,23,27,35-36,40-43,47-49,56-57H,3-13,16,19,22,24-26,28-34,37-39H2,1-2H3,(H,59,60)(H,61,62)(H2,51,52,58)/b15-14-,18-17-,21-20-,27-23-/t40-,41?,42?,43-,47-,48-,49-/m1/s1. The molecule has 0 aliphatic carbocycles. The number of esters is 2. The minimum Gasteiger partial charge on any atom is -0.462 e. The number of nitrogens with two attached hydrogens (primary N) is 1. The lowest BCUT2D eigenvalue weighted by atomic mass is 10.1. The van der Waals surface area contributed by atoms with E-state index in [4.69, 9.17) is 33.7 Å². The van der Waals surface area contributed by atoms with Crippen molar-refractivity contribution in [3.05, 3.63) is 71.4 Å². The number of carbonyl (C=O) groups excluding carboxylic acids is 2. The van der Waals surface area contributed by atoms with Crippen LogP contribution in [0, 0.1) is 0 Å². The van der Waals surface area contributed by atoms with Crippen LogP contribution >= 0.6 is 15.6 Å². The predicted molar refractivity (Wildman–Crippen MR) is 270 cm³/mol. The Morgan fingerprint density at radius 1 is 0.704 bits per heavy atom. The van der Waals surface area contributed by atoms with Crippen LogP contribution in [0.25, 0.3) is 0 Å². The highest BCUT2D eigenvalue weighted by Gasteiger charge is 2.46. The van der Waals surface area contributed by atoms with E-state index in [-0.39, 0.29) is 18.7 Å². The molecule has 2 aliphatic heterocycles. The minimum absolute atomic E-state index is 0.0153. The van der Waals surface area contributed by atoms with E-state index < -0.39 is 83.7 Å². The maximum atomic E-state index is 12.9. The molecule has 9 atom stereocenters. The maximum absolute atomic E-state index is 12.9. The molecule has 19 nitrogen and oxygen atoms in total. The second-order valence-electron chi connectivity index (χ2n) is 18.1. The molecule has 1 aromatic heterocycles. The zero-order chi connectivity index (χ0) is 51.7. The van der Waals surface area contributed by atoms with Gasteiger partial charge in [-0.05, 0) is 76.7 Å². The van der Waals surface area contributed by atoms with E-state index >= 15 is 0 Å². The number of unbranched alkanes of at least 4 members (excludes halogenated alkanes) is 14. The number of phosphoric acid groups is 2. The van der Waals surface area contributed by atoms with E-state index in [1.807, 2.05) is 12.2 Å². The highest BCUT2D eigenvalue weighted by atomic mass is 31.3. The Hall–Kier alpha value is -3.32. The Morgan fingerprint density at radius 3 is 1.99 bits per heavy atom. The number of carbonyl (C=O) groups is 2. The number of aliphatic hydroxyl groups is 2. The average Bonchev–Trinajstić information content (AvgIpc) is 4.02. The summed E-state index contributed by atoms with van der Waals surface area (Å²) in [5, 5.41) is 20.9. The van der Waals surface area contributed by atoms with Gasteiger partial charge >= 0.3 is 33.3 Å². The van der Waals surface area contributed by atoms with Crippen LogP contribution in [0.1, 0.15) is 174 Å². The number of allylic oxidation sites excluding steroid dienone is 7. The molecule has 21 heteroatoms. The summed E-state index contributed by atoms with van der Waals surface area (Å²) in [6.07, 6.45) is 33.6. The summed E-state index contributed by atoms with van der Waals surface area (Å²) < 4.78 is 62.6. The van der Waals surface area contributed by atoms with E-state index in [1.165, 1.54) is 63.9 Å². The van der Waals surface area contributed by atoms with Crippen LogP contribution in [0.5, 0.6) is 0 Å². The molecule has 404 valence electrons. The zero-order valence-corrected chi connectivity index (χ0v) is 43.7. The van der Waals surface area contributed by atoms with E-state index in [0.717, 1.165) is 75.0 Å². The number of nitrogen functional groups attached to an aromatic ring is 1. The number of anilines is 1. The predicted octanol–water partition coefficient (Wildman–Crippen LogP) is 9.54. The van der Waals surface area contributed by atoms with Gasteiger partial charge in [0, 0.05) is 19.0 Å². The summed E-state index contributed by atoms with van der Waals surface area (Å²) >= 11 is 0. The summed E-state index contributed by atoms with van der Waals surface area (Å²) in [4.78, 5) is 61.9. The molecule has 0 aromatic carbocycles. The van der Waals surface area contributed by atoms with Crippen LogP contribution in [0.2, 0.25) is 0 Å². The molecule has 1 aromatic rings. The Kier molecular flexibility index (Phi) is 31.2. The van der Waals surface area contributed by atoms with Crippen molar-refractivity contribution in [1.82, 2.24) is 9.55 Å². The first-order valence-corrected chi connectivity index (χ1v) is 28.8. The van der Waals surface area contributed by atoms with Crippen molar-refractivity contribution < 1.29 is 71.0 Å². The third-order valence-electron chi connectivity index (χ3n) is 11.8. The summed E-state index contributed by atoms with van der Waals surface area (Å²) in [6, 6.07) is 1.24.